The number of methoxy groups -OCH3 is 2. The van der Waals surface area contributed by atoms with E-state index in [1.54, 1.807) is 14.2 Å². The highest BCUT2D eigenvalue weighted by molar-refractivity contribution is 5.82. The van der Waals surface area contributed by atoms with Crippen LogP contribution < -0.4 is 11.1 Å². The number of nitrogens with two attached hydrogens (primary N) is 1. The van der Waals surface area contributed by atoms with E-state index in [-0.39, 0.29) is 30.1 Å². The van der Waals surface area contributed by atoms with Gasteiger partial charge in [-0.25, -0.2) is 0 Å². The van der Waals surface area contributed by atoms with Crippen LogP contribution in [-0.4, -0.2) is 44.9 Å². The number of hydrogen-bond donors (Lipinski definition) is 2. The van der Waals surface area contributed by atoms with E-state index in [1.807, 2.05) is 0 Å². The average Bonchev–Trinajstić information content (AvgIpc) is 2.35. The molecule has 1 rings (SSSR count). The molecule has 3 unspecified atom stereocenters. The molecule has 0 aromatic rings. The first kappa shape index (κ1) is 15.4. The summed E-state index contributed by atoms with van der Waals surface area (Å²) in [5.41, 5.74) is 5.78. The lowest BCUT2D eigenvalue weighted by atomic mass is 9.58. The molecule has 0 aliphatic heterocycles. The van der Waals surface area contributed by atoms with E-state index in [1.165, 1.54) is 0 Å². The zero-order valence-corrected chi connectivity index (χ0v) is 11.9. The topological polar surface area (TPSA) is 73.6 Å². The molecule has 106 valence electrons. The first-order chi connectivity index (χ1) is 8.55. The van der Waals surface area contributed by atoms with E-state index in [9.17, 15) is 4.79 Å². The van der Waals surface area contributed by atoms with Gasteiger partial charge >= 0.3 is 0 Å². The van der Waals surface area contributed by atoms with Gasteiger partial charge < -0.3 is 20.5 Å². The van der Waals surface area contributed by atoms with Crippen LogP contribution in [0.4, 0.5) is 0 Å². The second-order valence-corrected chi connectivity index (χ2v) is 5.02. The number of carbonyl (C=O) groups is 1. The van der Waals surface area contributed by atoms with Gasteiger partial charge in [-0.3, -0.25) is 4.79 Å². The Morgan fingerprint density at radius 3 is 2.50 bits per heavy atom. The normalized spacial score (nSPS) is 27.4. The van der Waals surface area contributed by atoms with Crippen molar-refractivity contribution in [1.29, 1.82) is 0 Å². The summed E-state index contributed by atoms with van der Waals surface area (Å²) in [6, 6.07) is -0.434. The molecule has 0 aromatic heterocycles. The van der Waals surface area contributed by atoms with Crippen molar-refractivity contribution in [2.45, 2.75) is 51.3 Å². The minimum absolute atomic E-state index is 0.0528. The largest absolute Gasteiger partial charge is 0.383 e. The fraction of sp³-hybridized carbons (Fsp3) is 0.923. The van der Waals surface area contributed by atoms with E-state index >= 15 is 0 Å². The Hall–Kier alpha value is -0.650. The molecule has 3 N–H and O–H groups in total. The number of amides is 1. The Morgan fingerprint density at radius 1 is 1.44 bits per heavy atom. The minimum atomic E-state index is -0.594. The third kappa shape index (κ3) is 2.68. The highest BCUT2D eigenvalue weighted by atomic mass is 16.5. The molecule has 0 aromatic carbocycles. The van der Waals surface area contributed by atoms with E-state index in [4.69, 9.17) is 15.2 Å². The lowest BCUT2D eigenvalue weighted by Crippen LogP contribution is -2.65. The summed E-state index contributed by atoms with van der Waals surface area (Å²) in [5.74, 6) is -0.136. The molecule has 1 aliphatic rings. The SMILES string of the molecule is CCC1(CC)C(NC(=O)C(N)COC)CC1OC. The highest BCUT2D eigenvalue weighted by Crippen LogP contribution is 2.48. The van der Waals surface area contributed by atoms with Crippen LogP contribution in [0.2, 0.25) is 0 Å². The van der Waals surface area contributed by atoms with Crippen LogP contribution >= 0.6 is 0 Å². The Balaban J connectivity index is 2.60. The Kier molecular flexibility index (Phi) is 5.56. The molecule has 1 amide bonds. The molecule has 0 radical (unpaired) electrons. The minimum Gasteiger partial charge on any atom is -0.383 e. The highest BCUT2D eigenvalue weighted by Gasteiger charge is 2.53. The maximum atomic E-state index is 11.9. The summed E-state index contributed by atoms with van der Waals surface area (Å²) in [6.45, 7) is 4.53. The zero-order valence-electron chi connectivity index (χ0n) is 11.9. The molecular formula is C13H26N2O3. The van der Waals surface area contributed by atoms with Gasteiger partial charge in [0.25, 0.3) is 0 Å². The maximum Gasteiger partial charge on any atom is 0.239 e. The predicted octanol–water partition coefficient (Wildman–Crippen LogP) is 0.670. The Morgan fingerprint density at radius 2 is 2.06 bits per heavy atom. The summed E-state index contributed by atoms with van der Waals surface area (Å²) in [7, 11) is 3.28. The lowest BCUT2D eigenvalue weighted by molar-refractivity contribution is -0.142. The summed E-state index contributed by atoms with van der Waals surface area (Å²) in [5, 5.41) is 3.03. The molecule has 5 heteroatoms. The van der Waals surface area contributed by atoms with Gasteiger partial charge in [-0.05, 0) is 19.3 Å². The van der Waals surface area contributed by atoms with Crippen molar-refractivity contribution in [2.75, 3.05) is 20.8 Å². The average molecular weight is 258 g/mol. The molecule has 3 atom stereocenters. The predicted molar refractivity (Wildman–Crippen MR) is 70.2 cm³/mol. The van der Waals surface area contributed by atoms with Crippen LogP contribution in [0.5, 0.6) is 0 Å². The smallest absolute Gasteiger partial charge is 0.239 e. The Bertz CT molecular complexity index is 279. The standard InChI is InChI=1S/C13H26N2O3/c1-5-13(6-2)10(7-11(13)18-4)15-12(16)9(14)8-17-3/h9-11H,5-8,14H2,1-4H3,(H,15,16). The van der Waals surface area contributed by atoms with E-state index in [0.717, 1.165) is 19.3 Å². The molecule has 1 aliphatic carbocycles. The molecule has 0 heterocycles. The van der Waals surface area contributed by atoms with Crippen LogP contribution in [-0.2, 0) is 14.3 Å². The number of rotatable bonds is 7. The molecule has 18 heavy (non-hydrogen) atoms. The zero-order chi connectivity index (χ0) is 13.8. The van der Waals surface area contributed by atoms with Crippen LogP contribution in [0.25, 0.3) is 0 Å². The summed E-state index contributed by atoms with van der Waals surface area (Å²) < 4.78 is 10.4. The van der Waals surface area contributed by atoms with Gasteiger partial charge in [0.05, 0.1) is 12.7 Å². The number of ether oxygens (including phenoxy) is 2. The molecule has 5 nitrogen and oxygen atoms in total. The first-order valence-electron chi connectivity index (χ1n) is 6.63. The molecule has 0 spiro atoms. The fourth-order valence-corrected chi connectivity index (χ4v) is 3.01. The number of hydrogen-bond acceptors (Lipinski definition) is 4. The molecule has 1 fully saturated rings. The van der Waals surface area contributed by atoms with Crippen LogP contribution in [0.15, 0.2) is 0 Å². The van der Waals surface area contributed by atoms with Gasteiger partial charge in [0.1, 0.15) is 6.04 Å². The van der Waals surface area contributed by atoms with Crippen molar-refractivity contribution in [2.24, 2.45) is 11.1 Å². The van der Waals surface area contributed by atoms with Gasteiger partial charge in [0, 0.05) is 25.7 Å². The molecule has 1 saturated carbocycles. The fourth-order valence-electron chi connectivity index (χ4n) is 3.01. The van der Waals surface area contributed by atoms with Crippen LogP contribution in [0, 0.1) is 5.41 Å². The third-order valence-corrected chi connectivity index (χ3v) is 4.39. The van der Waals surface area contributed by atoms with Crippen LogP contribution in [0.3, 0.4) is 0 Å². The summed E-state index contributed by atoms with van der Waals surface area (Å²) >= 11 is 0. The van der Waals surface area contributed by atoms with Gasteiger partial charge in [0.2, 0.25) is 5.91 Å². The molecular weight excluding hydrogens is 232 g/mol. The van der Waals surface area contributed by atoms with Crippen molar-refractivity contribution < 1.29 is 14.3 Å². The van der Waals surface area contributed by atoms with Crippen molar-refractivity contribution in [3.05, 3.63) is 0 Å². The summed E-state index contributed by atoms with van der Waals surface area (Å²) in [4.78, 5) is 11.9. The van der Waals surface area contributed by atoms with Gasteiger partial charge in [-0.1, -0.05) is 13.8 Å². The van der Waals surface area contributed by atoms with Crippen molar-refractivity contribution in [1.82, 2.24) is 5.32 Å². The molecule has 0 bridgehead atoms. The van der Waals surface area contributed by atoms with Gasteiger partial charge in [0.15, 0.2) is 0 Å². The van der Waals surface area contributed by atoms with Crippen molar-refractivity contribution >= 4 is 5.91 Å². The second-order valence-electron chi connectivity index (χ2n) is 5.02. The van der Waals surface area contributed by atoms with E-state index < -0.39 is 6.04 Å². The number of nitrogens with one attached hydrogen (secondary N) is 1. The monoisotopic (exact) mass is 258 g/mol. The van der Waals surface area contributed by atoms with Gasteiger partial charge in [-0.2, -0.15) is 0 Å². The van der Waals surface area contributed by atoms with Crippen molar-refractivity contribution in [3.63, 3.8) is 0 Å². The second kappa shape index (κ2) is 6.50. The van der Waals surface area contributed by atoms with Gasteiger partial charge in [-0.15, -0.1) is 0 Å². The Labute approximate surface area is 109 Å². The van der Waals surface area contributed by atoms with E-state index in [0.29, 0.717) is 0 Å². The first-order valence-corrected chi connectivity index (χ1v) is 6.63. The quantitative estimate of drug-likeness (QED) is 0.704. The number of carbonyl (C=O) groups excluding carboxylic acids is 1. The maximum absolute atomic E-state index is 11.9. The molecule has 0 saturated heterocycles. The lowest BCUT2D eigenvalue weighted by Gasteiger charge is -2.55. The third-order valence-electron chi connectivity index (χ3n) is 4.39. The van der Waals surface area contributed by atoms with Crippen LogP contribution in [0.1, 0.15) is 33.1 Å². The van der Waals surface area contributed by atoms with Crippen molar-refractivity contribution in [3.8, 4) is 0 Å². The summed E-state index contributed by atoms with van der Waals surface area (Å²) in [6.07, 6.45) is 3.08. The van der Waals surface area contributed by atoms with E-state index in [2.05, 4.69) is 19.2 Å².